The van der Waals surface area contributed by atoms with E-state index in [9.17, 15) is 13.6 Å². The van der Waals surface area contributed by atoms with E-state index in [4.69, 9.17) is 11.6 Å². The first kappa shape index (κ1) is 15.2. The number of carbonyl (C=O) groups is 1. The van der Waals surface area contributed by atoms with Crippen LogP contribution in [0, 0.1) is 11.6 Å². The Labute approximate surface area is 122 Å². The van der Waals surface area contributed by atoms with Crippen molar-refractivity contribution in [2.24, 2.45) is 0 Å². The van der Waals surface area contributed by atoms with Gasteiger partial charge >= 0.3 is 0 Å². The summed E-state index contributed by atoms with van der Waals surface area (Å²) in [6, 6.07) is 4.14. The molecule has 1 fully saturated rings. The van der Waals surface area contributed by atoms with Crippen LogP contribution in [0.4, 0.5) is 8.78 Å². The smallest absolute Gasteiger partial charge is 0.227 e. The van der Waals surface area contributed by atoms with Gasteiger partial charge in [-0.1, -0.05) is 12.1 Å². The molecule has 1 aliphatic rings. The summed E-state index contributed by atoms with van der Waals surface area (Å²) in [5, 5.41) is 0. The summed E-state index contributed by atoms with van der Waals surface area (Å²) in [7, 11) is 0. The first-order valence-electron chi connectivity index (χ1n) is 6.92. The standard InChI is InChI=1S/C15H18ClF2NO/c16-8-2-5-12-6-3-9-19(12)14(20)10-11-4-1-7-13(17)15(11)18/h1,4,7,12H,2-3,5-6,8-10H2. The zero-order valence-electron chi connectivity index (χ0n) is 11.2. The maximum absolute atomic E-state index is 13.6. The van der Waals surface area contributed by atoms with Crippen molar-refractivity contribution < 1.29 is 13.6 Å². The van der Waals surface area contributed by atoms with Gasteiger partial charge in [-0.3, -0.25) is 4.79 Å². The van der Waals surface area contributed by atoms with Gasteiger partial charge in [-0.15, -0.1) is 11.6 Å². The average molecular weight is 302 g/mol. The number of amides is 1. The summed E-state index contributed by atoms with van der Waals surface area (Å²) in [6.07, 6.45) is 3.59. The first-order valence-corrected chi connectivity index (χ1v) is 7.45. The summed E-state index contributed by atoms with van der Waals surface area (Å²) < 4.78 is 26.7. The van der Waals surface area contributed by atoms with Gasteiger partial charge < -0.3 is 4.90 Å². The van der Waals surface area contributed by atoms with Crippen LogP contribution in [0.2, 0.25) is 0 Å². The minimum Gasteiger partial charge on any atom is -0.339 e. The molecule has 0 radical (unpaired) electrons. The monoisotopic (exact) mass is 301 g/mol. The van der Waals surface area contributed by atoms with Crippen molar-refractivity contribution in [3.05, 3.63) is 35.4 Å². The van der Waals surface area contributed by atoms with Crippen molar-refractivity contribution in [1.82, 2.24) is 4.90 Å². The third-order valence-electron chi connectivity index (χ3n) is 3.74. The van der Waals surface area contributed by atoms with Crippen LogP contribution in [0.25, 0.3) is 0 Å². The normalized spacial score (nSPS) is 18.6. The molecule has 1 amide bonds. The molecule has 2 rings (SSSR count). The predicted octanol–water partition coefficient (Wildman–Crippen LogP) is 3.52. The molecule has 1 saturated heterocycles. The largest absolute Gasteiger partial charge is 0.339 e. The summed E-state index contributed by atoms with van der Waals surface area (Å²) in [6.45, 7) is 0.697. The van der Waals surface area contributed by atoms with E-state index in [2.05, 4.69) is 0 Å². The molecule has 0 N–H and O–H groups in total. The number of hydrogen-bond donors (Lipinski definition) is 0. The molecule has 1 heterocycles. The zero-order valence-corrected chi connectivity index (χ0v) is 12.0. The van der Waals surface area contributed by atoms with Crippen LogP contribution >= 0.6 is 11.6 Å². The van der Waals surface area contributed by atoms with Crippen LogP contribution in [0.3, 0.4) is 0 Å². The highest BCUT2D eigenvalue weighted by molar-refractivity contribution is 6.17. The van der Waals surface area contributed by atoms with Gasteiger partial charge in [0.1, 0.15) is 0 Å². The number of carbonyl (C=O) groups excluding carboxylic acids is 1. The fourth-order valence-electron chi connectivity index (χ4n) is 2.73. The summed E-state index contributed by atoms with van der Waals surface area (Å²) in [4.78, 5) is 14.0. The molecule has 0 aliphatic carbocycles. The molecule has 0 spiro atoms. The minimum atomic E-state index is -0.919. The second-order valence-electron chi connectivity index (χ2n) is 5.10. The molecule has 110 valence electrons. The highest BCUT2D eigenvalue weighted by Crippen LogP contribution is 2.23. The quantitative estimate of drug-likeness (QED) is 0.762. The Morgan fingerprint density at radius 2 is 2.20 bits per heavy atom. The maximum atomic E-state index is 13.6. The minimum absolute atomic E-state index is 0.0824. The van der Waals surface area contributed by atoms with Crippen LogP contribution in [0.1, 0.15) is 31.2 Å². The van der Waals surface area contributed by atoms with Gasteiger partial charge in [-0.25, -0.2) is 8.78 Å². The Kier molecular flexibility index (Phi) is 5.35. The Balaban J connectivity index is 2.02. The van der Waals surface area contributed by atoms with Crippen molar-refractivity contribution in [3.8, 4) is 0 Å². The molecule has 5 heteroatoms. The van der Waals surface area contributed by atoms with E-state index in [0.717, 1.165) is 31.7 Å². The Hall–Kier alpha value is -1.16. The molecule has 1 unspecified atom stereocenters. The van der Waals surface area contributed by atoms with Gasteiger partial charge in [0.25, 0.3) is 0 Å². The van der Waals surface area contributed by atoms with E-state index in [1.54, 1.807) is 4.90 Å². The summed E-state index contributed by atoms with van der Waals surface area (Å²) >= 11 is 5.68. The van der Waals surface area contributed by atoms with E-state index >= 15 is 0 Å². The number of alkyl halides is 1. The van der Waals surface area contributed by atoms with Crippen molar-refractivity contribution in [3.63, 3.8) is 0 Å². The van der Waals surface area contributed by atoms with Gasteiger partial charge in [0.2, 0.25) is 5.91 Å². The fraction of sp³-hybridized carbons (Fsp3) is 0.533. The van der Waals surface area contributed by atoms with Crippen LogP contribution < -0.4 is 0 Å². The lowest BCUT2D eigenvalue weighted by molar-refractivity contribution is -0.131. The van der Waals surface area contributed by atoms with Crippen molar-refractivity contribution in [1.29, 1.82) is 0 Å². The third-order valence-corrected chi connectivity index (χ3v) is 4.01. The second-order valence-corrected chi connectivity index (χ2v) is 5.48. The van der Waals surface area contributed by atoms with Gasteiger partial charge in [0.15, 0.2) is 11.6 Å². The molecule has 1 aromatic rings. The Morgan fingerprint density at radius 1 is 1.40 bits per heavy atom. The van der Waals surface area contributed by atoms with Gasteiger partial charge in [-0.2, -0.15) is 0 Å². The molecule has 1 aromatic carbocycles. The molecule has 2 nitrogen and oxygen atoms in total. The molecule has 0 saturated carbocycles. The number of halogens is 3. The van der Waals surface area contributed by atoms with E-state index in [-0.39, 0.29) is 23.9 Å². The Bertz CT molecular complexity index is 481. The predicted molar refractivity (Wildman–Crippen MR) is 74.8 cm³/mol. The van der Waals surface area contributed by atoms with Crippen molar-refractivity contribution in [2.75, 3.05) is 12.4 Å². The van der Waals surface area contributed by atoms with E-state index in [1.165, 1.54) is 12.1 Å². The third kappa shape index (κ3) is 3.48. The van der Waals surface area contributed by atoms with Crippen LogP contribution in [-0.4, -0.2) is 29.3 Å². The van der Waals surface area contributed by atoms with E-state index in [0.29, 0.717) is 12.4 Å². The maximum Gasteiger partial charge on any atom is 0.227 e. The average Bonchev–Trinajstić information content (AvgIpc) is 2.90. The molecular weight excluding hydrogens is 284 g/mol. The lowest BCUT2D eigenvalue weighted by Gasteiger charge is -2.24. The second kappa shape index (κ2) is 7.02. The molecular formula is C15H18ClF2NO. The molecule has 0 bridgehead atoms. The lowest BCUT2D eigenvalue weighted by atomic mass is 10.1. The number of nitrogens with zero attached hydrogens (tertiary/aromatic N) is 1. The molecule has 1 atom stereocenters. The molecule has 1 aliphatic heterocycles. The number of hydrogen-bond acceptors (Lipinski definition) is 1. The first-order chi connectivity index (χ1) is 9.63. The van der Waals surface area contributed by atoms with Gasteiger partial charge in [-0.05, 0) is 31.7 Å². The van der Waals surface area contributed by atoms with Gasteiger partial charge in [0.05, 0.1) is 6.42 Å². The van der Waals surface area contributed by atoms with E-state index in [1.807, 2.05) is 0 Å². The topological polar surface area (TPSA) is 20.3 Å². The molecule has 20 heavy (non-hydrogen) atoms. The van der Waals surface area contributed by atoms with E-state index < -0.39 is 11.6 Å². The SMILES string of the molecule is O=C(Cc1cccc(F)c1F)N1CCCC1CCCCl. The zero-order chi connectivity index (χ0) is 14.5. The van der Waals surface area contributed by atoms with Crippen LogP contribution in [0.5, 0.6) is 0 Å². The summed E-state index contributed by atoms with van der Waals surface area (Å²) in [5.74, 6) is -1.38. The van der Waals surface area contributed by atoms with Crippen LogP contribution in [-0.2, 0) is 11.2 Å². The van der Waals surface area contributed by atoms with Crippen molar-refractivity contribution >= 4 is 17.5 Å². The number of likely N-dealkylation sites (tertiary alicyclic amines) is 1. The summed E-state index contributed by atoms with van der Waals surface area (Å²) in [5.41, 5.74) is 0.123. The fourth-order valence-corrected chi connectivity index (χ4v) is 2.88. The lowest BCUT2D eigenvalue weighted by Crippen LogP contribution is -2.36. The highest BCUT2D eigenvalue weighted by atomic mass is 35.5. The number of benzene rings is 1. The van der Waals surface area contributed by atoms with Crippen molar-refractivity contribution in [2.45, 2.75) is 38.1 Å². The number of rotatable bonds is 5. The van der Waals surface area contributed by atoms with Crippen LogP contribution in [0.15, 0.2) is 18.2 Å². The highest BCUT2D eigenvalue weighted by Gasteiger charge is 2.28. The molecule has 0 aromatic heterocycles. The Morgan fingerprint density at radius 3 is 2.95 bits per heavy atom. The van der Waals surface area contributed by atoms with Gasteiger partial charge in [0, 0.05) is 24.0 Å².